The van der Waals surface area contributed by atoms with Gasteiger partial charge in [0.1, 0.15) is 5.76 Å². The summed E-state index contributed by atoms with van der Waals surface area (Å²) in [5.74, 6) is 0.842. The molecule has 0 aliphatic carbocycles. The van der Waals surface area contributed by atoms with Crippen molar-refractivity contribution in [2.45, 2.75) is 32.9 Å². The lowest BCUT2D eigenvalue weighted by molar-refractivity contribution is -0.117. The maximum Gasteiger partial charge on any atom is 0.254 e. The van der Waals surface area contributed by atoms with E-state index in [0.29, 0.717) is 25.1 Å². The monoisotopic (exact) mass is 394 g/mol. The minimum atomic E-state index is -0.0539. The molecule has 1 aromatic carbocycles. The van der Waals surface area contributed by atoms with Crippen LogP contribution < -0.4 is 4.90 Å². The maximum absolute atomic E-state index is 13.2. The molecule has 0 saturated carbocycles. The number of furan rings is 1. The van der Waals surface area contributed by atoms with E-state index in [-0.39, 0.29) is 11.8 Å². The molecule has 1 aliphatic heterocycles. The second-order valence-corrected chi connectivity index (χ2v) is 8.32. The third-order valence-corrected chi connectivity index (χ3v) is 5.84. The predicted octanol–water partition coefficient (Wildman–Crippen LogP) is 4.62. The van der Waals surface area contributed by atoms with E-state index >= 15 is 0 Å². The smallest absolute Gasteiger partial charge is 0.254 e. The first kappa shape index (κ1) is 18.5. The molecule has 6 heteroatoms. The molecule has 1 fully saturated rings. The highest BCUT2D eigenvalue weighted by Crippen LogP contribution is 2.24. The van der Waals surface area contributed by atoms with E-state index in [4.69, 9.17) is 4.42 Å². The zero-order chi connectivity index (χ0) is 19.5. The molecule has 5 nitrogen and oxygen atoms in total. The average Bonchev–Trinajstić information content (AvgIpc) is 3.44. The summed E-state index contributed by atoms with van der Waals surface area (Å²) >= 11 is 1.69. The van der Waals surface area contributed by atoms with Gasteiger partial charge < -0.3 is 14.2 Å². The summed E-state index contributed by atoms with van der Waals surface area (Å²) in [7, 11) is 0. The second kappa shape index (κ2) is 8.02. The normalized spacial score (nSPS) is 13.9. The van der Waals surface area contributed by atoms with Gasteiger partial charge in [-0.05, 0) is 61.9 Å². The topological polar surface area (TPSA) is 53.8 Å². The SMILES string of the molecule is Cc1ccc(CN(Cc2ccco2)C(=O)c2ccc(N3CCCC3=O)cc2)s1. The van der Waals surface area contributed by atoms with Crippen molar-refractivity contribution in [2.24, 2.45) is 0 Å². The number of carbonyl (C=O) groups excluding carboxylic acids is 2. The molecule has 0 spiro atoms. The van der Waals surface area contributed by atoms with E-state index in [9.17, 15) is 9.59 Å². The van der Waals surface area contributed by atoms with Gasteiger partial charge >= 0.3 is 0 Å². The molecule has 144 valence electrons. The highest BCUT2D eigenvalue weighted by atomic mass is 32.1. The molecular weight excluding hydrogens is 372 g/mol. The van der Waals surface area contributed by atoms with Crippen molar-refractivity contribution in [3.05, 3.63) is 75.9 Å². The third-order valence-electron chi connectivity index (χ3n) is 4.86. The summed E-state index contributed by atoms with van der Waals surface area (Å²) in [6.45, 7) is 3.75. The average molecular weight is 394 g/mol. The summed E-state index contributed by atoms with van der Waals surface area (Å²) in [6.07, 6.45) is 3.10. The lowest BCUT2D eigenvalue weighted by atomic mass is 10.1. The first-order chi connectivity index (χ1) is 13.6. The molecule has 28 heavy (non-hydrogen) atoms. The lowest BCUT2D eigenvalue weighted by Gasteiger charge is -2.22. The van der Waals surface area contributed by atoms with Crippen molar-refractivity contribution in [1.29, 1.82) is 0 Å². The van der Waals surface area contributed by atoms with E-state index in [1.807, 2.05) is 24.3 Å². The molecule has 0 radical (unpaired) electrons. The van der Waals surface area contributed by atoms with Crippen LogP contribution in [-0.2, 0) is 17.9 Å². The molecule has 2 aromatic heterocycles. The van der Waals surface area contributed by atoms with E-state index in [1.54, 1.807) is 39.5 Å². The first-order valence-electron chi connectivity index (χ1n) is 9.37. The standard InChI is InChI=1S/C22H22N2O3S/c1-16-6-11-20(28-16)15-23(14-19-4-3-13-27-19)22(26)17-7-9-18(10-8-17)24-12-2-5-21(24)25/h3-4,6-11,13H,2,5,12,14-15H2,1H3. The summed E-state index contributed by atoms with van der Waals surface area (Å²) in [4.78, 5) is 31.0. The van der Waals surface area contributed by atoms with Gasteiger partial charge in [-0.15, -0.1) is 11.3 Å². The number of amides is 2. The van der Waals surface area contributed by atoms with Crippen LogP contribution in [0.3, 0.4) is 0 Å². The molecule has 1 aliphatic rings. The van der Waals surface area contributed by atoms with Gasteiger partial charge in [-0.1, -0.05) is 0 Å². The molecular formula is C22H22N2O3S. The second-order valence-electron chi connectivity index (χ2n) is 6.95. The van der Waals surface area contributed by atoms with E-state index in [0.717, 1.165) is 29.3 Å². The predicted molar refractivity (Wildman–Crippen MR) is 109 cm³/mol. The third kappa shape index (κ3) is 4.02. The molecule has 4 rings (SSSR count). The summed E-state index contributed by atoms with van der Waals surface area (Å²) in [5, 5.41) is 0. The van der Waals surface area contributed by atoms with E-state index < -0.39 is 0 Å². The molecule has 0 unspecified atom stereocenters. The molecule has 2 amide bonds. The van der Waals surface area contributed by atoms with Crippen LogP contribution in [0.15, 0.2) is 59.2 Å². The van der Waals surface area contributed by atoms with Gasteiger partial charge in [-0.2, -0.15) is 0 Å². The summed E-state index contributed by atoms with van der Waals surface area (Å²) < 4.78 is 5.46. The van der Waals surface area contributed by atoms with E-state index in [2.05, 4.69) is 19.1 Å². The first-order valence-corrected chi connectivity index (χ1v) is 10.2. The number of anilines is 1. The number of hydrogen-bond donors (Lipinski definition) is 0. The Balaban J connectivity index is 1.54. The van der Waals surface area contributed by atoms with Gasteiger partial charge in [0.2, 0.25) is 5.91 Å². The van der Waals surface area contributed by atoms with E-state index in [1.165, 1.54) is 4.88 Å². The molecule has 1 saturated heterocycles. The van der Waals surface area contributed by atoms with Crippen molar-refractivity contribution in [1.82, 2.24) is 4.90 Å². The van der Waals surface area contributed by atoms with Crippen LogP contribution in [0.2, 0.25) is 0 Å². The fourth-order valence-corrected chi connectivity index (χ4v) is 4.34. The van der Waals surface area contributed by atoms with Crippen LogP contribution in [-0.4, -0.2) is 23.3 Å². The van der Waals surface area contributed by atoms with Crippen molar-refractivity contribution in [3.63, 3.8) is 0 Å². The number of nitrogens with zero attached hydrogens (tertiary/aromatic N) is 2. The molecule has 0 N–H and O–H groups in total. The van der Waals surface area contributed by atoms with Crippen molar-refractivity contribution < 1.29 is 14.0 Å². The number of rotatable bonds is 6. The van der Waals surface area contributed by atoms with Crippen molar-refractivity contribution >= 4 is 28.8 Å². The van der Waals surface area contributed by atoms with Crippen LogP contribution in [0.4, 0.5) is 5.69 Å². The molecule has 0 bridgehead atoms. The zero-order valence-corrected chi connectivity index (χ0v) is 16.6. The number of aryl methyl sites for hydroxylation is 1. The molecule has 3 aromatic rings. The fourth-order valence-electron chi connectivity index (χ4n) is 3.44. The number of thiophene rings is 1. The van der Waals surface area contributed by atoms with Gasteiger partial charge in [-0.3, -0.25) is 9.59 Å². The van der Waals surface area contributed by atoms with Crippen LogP contribution in [0.25, 0.3) is 0 Å². The highest BCUT2D eigenvalue weighted by molar-refractivity contribution is 7.11. The Bertz CT molecular complexity index is 960. The molecule has 0 atom stereocenters. The largest absolute Gasteiger partial charge is 0.467 e. The Labute approximate surface area is 168 Å². The highest BCUT2D eigenvalue weighted by Gasteiger charge is 2.23. The van der Waals surface area contributed by atoms with Gasteiger partial charge in [0.05, 0.1) is 19.4 Å². The Morgan fingerprint density at radius 2 is 1.96 bits per heavy atom. The Morgan fingerprint density at radius 3 is 2.57 bits per heavy atom. The van der Waals surface area contributed by atoms with Crippen LogP contribution >= 0.6 is 11.3 Å². The van der Waals surface area contributed by atoms with Gasteiger partial charge in [0, 0.05) is 34.0 Å². The minimum Gasteiger partial charge on any atom is -0.467 e. The van der Waals surface area contributed by atoms with Crippen LogP contribution in [0.5, 0.6) is 0 Å². The van der Waals surface area contributed by atoms with Gasteiger partial charge in [0.15, 0.2) is 0 Å². The van der Waals surface area contributed by atoms with Gasteiger partial charge in [-0.25, -0.2) is 0 Å². The maximum atomic E-state index is 13.2. The van der Waals surface area contributed by atoms with Crippen LogP contribution in [0, 0.1) is 6.92 Å². The van der Waals surface area contributed by atoms with Crippen molar-refractivity contribution in [2.75, 3.05) is 11.4 Å². The fraction of sp³-hybridized carbons (Fsp3) is 0.273. The number of hydrogen-bond acceptors (Lipinski definition) is 4. The lowest BCUT2D eigenvalue weighted by Crippen LogP contribution is -2.30. The summed E-state index contributed by atoms with van der Waals surface area (Å²) in [6, 6.07) is 15.2. The quantitative estimate of drug-likeness (QED) is 0.613. The number of benzene rings is 1. The Kier molecular flexibility index (Phi) is 5.30. The Hall–Kier alpha value is -2.86. The van der Waals surface area contributed by atoms with Crippen LogP contribution in [0.1, 0.15) is 38.7 Å². The van der Waals surface area contributed by atoms with Gasteiger partial charge in [0.25, 0.3) is 5.91 Å². The number of carbonyl (C=O) groups is 2. The van der Waals surface area contributed by atoms with Crippen molar-refractivity contribution in [3.8, 4) is 0 Å². The zero-order valence-electron chi connectivity index (χ0n) is 15.8. The summed E-state index contributed by atoms with van der Waals surface area (Å²) in [5.41, 5.74) is 1.46. The Morgan fingerprint density at radius 1 is 1.14 bits per heavy atom. The molecule has 3 heterocycles. The minimum absolute atomic E-state index is 0.0539.